The second kappa shape index (κ2) is 5.16. The van der Waals surface area contributed by atoms with E-state index in [4.69, 9.17) is 0 Å². The minimum atomic E-state index is -0.994. The first-order valence-corrected chi connectivity index (χ1v) is 6.22. The van der Waals surface area contributed by atoms with Crippen molar-refractivity contribution in [2.45, 2.75) is 45.3 Å². The van der Waals surface area contributed by atoms with Gasteiger partial charge in [0.05, 0.1) is 5.60 Å². The largest absolute Gasteiger partial charge is 0.388 e. The second-order valence-corrected chi connectivity index (χ2v) is 5.57. The molecular weight excluding hydrogens is 250 g/mol. The van der Waals surface area contributed by atoms with Gasteiger partial charge in [-0.15, -0.1) is 0 Å². The number of amides is 4. The summed E-state index contributed by atoms with van der Waals surface area (Å²) in [5.41, 5.74) is -1.97. The average molecular weight is 271 g/mol. The molecule has 0 aliphatic carbocycles. The molecule has 19 heavy (non-hydrogen) atoms. The molecule has 1 fully saturated rings. The summed E-state index contributed by atoms with van der Waals surface area (Å²) >= 11 is 0. The summed E-state index contributed by atoms with van der Waals surface area (Å²) in [6, 6.07) is -0.576. The van der Waals surface area contributed by atoms with Crippen LogP contribution in [0.25, 0.3) is 0 Å². The molecule has 0 aromatic rings. The van der Waals surface area contributed by atoms with E-state index >= 15 is 0 Å². The van der Waals surface area contributed by atoms with E-state index in [0.29, 0.717) is 6.42 Å². The Bertz CT molecular complexity index is 404. The third-order valence-electron chi connectivity index (χ3n) is 3.17. The topological polar surface area (TPSA) is 98.7 Å². The minimum Gasteiger partial charge on any atom is -0.388 e. The lowest BCUT2D eigenvalue weighted by Gasteiger charge is -2.22. The zero-order chi connectivity index (χ0) is 14.8. The smallest absolute Gasteiger partial charge is 0.325 e. The Morgan fingerprint density at radius 2 is 2.05 bits per heavy atom. The van der Waals surface area contributed by atoms with Gasteiger partial charge in [-0.2, -0.15) is 0 Å². The number of imide groups is 1. The SMILES string of the molecule is CCC(C)(O)CNC(=O)CN1C(=O)NC(C)(C)C1=O. The van der Waals surface area contributed by atoms with Crippen molar-refractivity contribution >= 4 is 17.8 Å². The molecule has 7 heteroatoms. The fraction of sp³-hybridized carbons (Fsp3) is 0.750. The van der Waals surface area contributed by atoms with Crippen molar-refractivity contribution in [2.24, 2.45) is 0 Å². The van der Waals surface area contributed by atoms with E-state index in [1.807, 2.05) is 0 Å². The van der Waals surface area contributed by atoms with Gasteiger partial charge < -0.3 is 15.7 Å². The highest BCUT2D eigenvalue weighted by Crippen LogP contribution is 2.16. The molecule has 3 N–H and O–H groups in total. The fourth-order valence-corrected chi connectivity index (χ4v) is 1.58. The Hall–Kier alpha value is -1.63. The van der Waals surface area contributed by atoms with Gasteiger partial charge >= 0.3 is 6.03 Å². The van der Waals surface area contributed by atoms with Crippen LogP contribution in [-0.2, 0) is 9.59 Å². The maximum absolute atomic E-state index is 11.8. The van der Waals surface area contributed by atoms with Crippen LogP contribution in [0.15, 0.2) is 0 Å². The molecule has 0 saturated carbocycles. The van der Waals surface area contributed by atoms with Crippen molar-refractivity contribution in [3.8, 4) is 0 Å². The first-order chi connectivity index (χ1) is 8.59. The predicted molar refractivity (Wildman–Crippen MR) is 68.2 cm³/mol. The molecule has 0 bridgehead atoms. The van der Waals surface area contributed by atoms with Crippen LogP contribution in [0.5, 0.6) is 0 Å². The molecule has 1 saturated heterocycles. The maximum Gasteiger partial charge on any atom is 0.325 e. The van der Waals surface area contributed by atoms with Crippen molar-refractivity contribution in [3.63, 3.8) is 0 Å². The molecule has 0 radical (unpaired) electrons. The van der Waals surface area contributed by atoms with E-state index in [2.05, 4.69) is 10.6 Å². The molecule has 1 atom stereocenters. The first kappa shape index (κ1) is 15.4. The van der Waals surface area contributed by atoms with E-state index in [1.54, 1.807) is 27.7 Å². The molecule has 108 valence electrons. The van der Waals surface area contributed by atoms with Gasteiger partial charge in [-0.3, -0.25) is 14.5 Å². The van der Waals surface area contributed by atoms with Crippen LogP contribution < -0.4 is 10.6 Å². The van der Waals surface area contributed by atoms with Crippen LogP contribution in [0, 0.1) is 0 Å². The van der Waals surface area contributed by atoms with Gasteiger partial charge in [0.1, 0.15) is 12.1 Å². The first-order valence-electron chi connectivity index (χ1n) is 6.22. The Labute approximate surface area is 112 Å². The van der Waals surface area contributed by atoms with Gasteiger partial charge in [-0.05, 0) is 27.2 Å². The molecule has 0 spiro atoms. The van der Waals surface area contributed by atoms with Crippen molar-refractivity contribution in [2.75, 3.05) is 13.1 Å². The fourth-order valence-electron chi connectivity index (χ4n) is 1.58. The highest BCUT2D eigenvalue weighted by Gasteiger charge is 2.44. The van der Waals surface area contributed by atoms with E-state index in [9.17, 15) is 19.5 Å². The number of hydrogen-bond acceptors (Lipinski definition) is 4. The number of hydrogen-bond donors (Lipinski definition) is 3. The molecule has 1 heterocycles. The second-order valence-electron chi connectivity index (χ2n) is 5.57. The third-order valence-corrected chi connectivity index (χ3v) is 3.17. The summed E-state index contributed by atoms with van der Waals surface area (Å²) in [7, 11) is 0. The Balaban J connectivity index is 2.54. The monoisotopic (exact) mass is 271 g/mol. The van der Waals surface area contributed by atoms with Crippen LogP contribution in [0.1, 0.15) is 34.1 Å². The van der Waals surface area contributed by atoms with E-state index in [-0.39, 0.29) is 13.1 Å². The molecule has 1 unspecified atom stereocenters. The molecule has 7 nitrogen and oxygen atoms in total. The number of carbonyl (C=O) groups excluding carboxylic acids is 3. The zero-order valence-electron chi connectivity index (χ0n) is 11.7. The summed E-state index contributed by atoms with van der Waals surface area (Å²) in [4.78, 5) is 35.9. The maximum atomic E-state index is 11.8. The number of nitrogens with zero attached hydrogens (tertiary/aromatic N) is 1. The molecule has 1 aliphatic heterocycles. The summed E-state index contributed by atoms with van der Waals surface area (Å²) in [6.07, 6.45) is 0.490. The van der Waals surface area contributed by atoms with Crippen LogP contribution in [-0.4, -0.2) is 52.1 Å². The molecule has 0 aromatic heterocycles. The molecule has 1 rings (SSSR count). The highest BCUT2D eigenvalue weighted by atomic mass is 16.3. The van der Waals surface area contributed by atoms with Crippen molar-refractivity contribution in [3.05, 3.63) is 0 Å². The summed E-state index contributed by atoms with van der Waals surface area (Å²) in [5, 5.41) is 14.7. The van der Waals surface area contributed by atoms with Crippen molar-refractivity contribution in [1.82, 2.24) is 15.5 Å². The van der Waals surface area contributed by atoms with Crippen molar-refractivity contribution in [1.29, 1.82) is 0 Å². The lowest BCUT2D eigenvalue weighted by Crippen LogP contribution is -2.46. The van der Waals surface area contributed by atoms with E-state index < -0.39 is 29.0 Å². The average Bonchev–Trinajstić information content (AvgIpc) is 2.49. The lowest BCUT2D eigenvalue weighted by atomic mass is 10.0. The normalized spacial score (nSPS) is 21.0. The number of rotatable bonds is 5. The molecule has 0 aromatic carbocycles. The van der Waals surface area contributed by atoms with Crippen LogP contribution in [0.2, 0.25) is 0 Å². The Kier molecular flexibility index (Phi) is 4.19. The zero-order valence-corrected chi connectivity index (χ0v) is 11.7. The van der Waals surface area contributed by atoms with Gasteiger partial charge in [-0.1, -0.05) is 6.92 Å². The van der Waals surface area contributed by atoms with Gasteiger partial charge in [0.15, 0.2) is 0 Å². The van der Waals surface area contributed by atoms with Gasteiger partial charge in [0.2, 0.25) is 5.91 Å². The number of urea groups is 1. The quantitative estimate of drug-likeness (QED) is 0.592. The Morgan fingerprint density at radius 1 is 1.47 bits per heavy atom. The highest BCUT2D eigenvalue weighted by molar-refractivity contribution is 6.08. The van der Waals surface area contributed by atoms with Crippen LogP contribution >= 0.6 is 0 Å². The standard InChI is InChI=1S/C12H21N3O4/c1-5-12(4,19)7-13-8(16)6-15-9(17)11(2,3)14-10(15)18/h19H,5-7H2,1-4H3,(H,13,16)(H,14,18). The number of nitrogens with one attached hydrogen (secondary N) is 2. The lowest BCUT2D eigenvalue weighted by molar-refractivity contribution is -0.134. The third kappa shape index (κ3) is 3.66. The predicted octanol–water partition coefficient (Wildman–Crippen LogP) is -0.406. The summed E-state index contributed by atoms with van der Waals surface area (Å²) in [5.74, 6) is -0.912. The Morgan fingerprint density at radius 3 is 2.47 bits per heavy atom. The van der Waals surface area contributed by atoms with Crippen LogP contribution in [0.3, 0.4) is 0 Å². The van der Waals surface area contributed by atoms with Gasteiger partial charge in [0.25, 0.3) is 5.91 Å². The molecule has 1 aliphatic rings. The van der Waals surface area contributed by atoms with E-state index in [0.717, 1.165) is 4.90 Å². The molecule has 4 amide bonds. The number of aliphatic hydroxyl groups is 1. The summed E-state index contributed by atoms with van der Waals surface area (Å²) < 4.78 is 0. The van der Waals surface area contributed by atoms with Crippen molar-refractivity contribution < 1.29 is 19.5 Å². The van der Waals surface area contributed by atoms with Gasteiger partial charge in [-0.25, -0.2) is 4.79 Å². The van der Waals surface area contributed by atoms with Gasteiger partial charge in [0, 0.05) is 6.54 Å². The minimum absolute atomic E-state index is 0.0787. The molecular formula is C12H21N3O4. The van der Waals surface area contributed by atoms with Crippen LogP contribution in [0.4, 0.5) is 4.79 Å². The van der Waals surface area contributed by atoms with E-state index in [1.165, 1.54) is 0 Å². The summed E-state index contributed by atoms with van der Waals surface area (Å²) in [6.45, 7) is 6.29. The number of carbonyl (C=O) groups is 3.